The zero-order chi connectivity index (χ0) is 19.0. The van der Waals surface area contributed by atoms with Gasteiger partial charge >= 0.3 is 5.97 Å². The quantitative estimate of drug-likeness (QED) is 0.606. The van der Waals surface area contributed by atoms with E-state index in [1.807, 2.05) is 13.1 Å². The Bertz CT molecular complexity index is 851. The second-order valence-electron chi connectivity index (χ2n) is 7.95. The van der Waals surface area contributed by atoms with Crippen molar-refractivity contribution in [3.63, 3.8) is 0 Å². The average molecular weight is 389 g/mol. The van der Waals surface area contributed by atoms with Crippen LogP contribution in [0.25, 0.3) is 0 Å². The number of nitrogens with zero attached hydrogens (tertiary/aromatic N) is 2. The summed E-state index contributed by atoms with van der Waals surface area (Å²) in [7, 11) is 0. The van der Waals surface area contributed by atoms with Crippen LogP contribution in [0.4, 0.5) is 5.82 Å². The number of esters is 1. The van der Waals surface area contributed by atoms with Gasteiger partial charge in [-0.05, 0) is 36.1 Å². The van der Waals surface area contributed by atoms with E-state index in [0.29, 0.717) is 24.9 Å². The molecule has 2 fully saturated rings. The summed E-state index contributed by atoms with van der Waals surface area (Å²) < 4.78 is 7.80. The molecule has 6 nitrogen and oxygen atoms in total. The molecule has 3 unspecified atom stereocenters. The minimum Gasteiger partial charge on any atom is -0.465 e. The van der Waals surface area contributed by atoms with E-state index in [-0.39, 0.29) is 11.9 Å². The predicted octanol–water partition coefficient (Wildman–Crippen LogP) is 2.01. The highest BCUT2D eigenvalue weighted by molar-refractivity contribution is 7.09. The molecule has 2 aliphatic carbocycles. The van der Waals surface area contributed by atoms with Crippen molar-refractivity contribution >= 4 is 23.1 Å². The molecule has 0 saturated heterocycles. The monoisotopic (exact) mass is 388 g/mol. The third-order valence-electron chi connectivity index (χ3n) is 6.18. The van der Waals surface area contributed by atoms with Crippen molar-refractivity contribution in [1.82, 2.24) is 4.98 Å². The summed E-state index contributed by atoms with van der Waals surface area (Å²) >= 11 is 1.70. The second kappa shape index (κ2) is 7.54. The zero-order valence-corrected chi connectivity index (χ0v) is 16.8. The Morgan fingerprint density at radius 1 is 1.41 bits per heavy atom. The standard InChI is InChI=1S/C20H27N4O2S/c1-12-18(5-6-26-20(25)17-8-14-3-4-15(17)7-14)27-11-24(12)10-16-9-22-13(2)23-19(16)21/h9,11,14-15,17H,3-8,10H2,1-2H3,(H2,21,22,23)/q+1/p+1. The molecule has 144 valence electrons. The Morgan fingerprint density at radius 2 is 2.26 bits per heavy atom. The maximum Gasteiger partial charge on any atom is 0.309 e. The van der Waals surface area contributed by atoms with Gasteiger partial charge in [0.05, 0.1) is 17.4 Å². The molecule has 2 saturated carbocycles. The van der Waals surface area contributed by atoms with Crippen LogP contribution in [-0.4, -0.2) is 17.6 Å². The molecular weight excluding hydrogens is 360 g/mol. The summed E-state index contributed by atoms with van der Waals surface area (Å²) in [5.41, 5.74) is 10.3. The van der Waals surface area contributed by atoms with Gasteiger partial charge < -0.3 is 10.5 Å². The van der Waals surface area contributed by atoms with Crippen molar-refractivity contribution in [2.75, 3.05) is 12.3 Å². The molecule has 2 aromatic rings. The predicted molar refractivity (Wildman–Crippen MR) is 102 cm³/mol. The number of thiazole rings is 1. The van der Waals surface area contributed by atoms with Crippen LogP contribution in [-0.2, 0) is 22.5 Å². The summed E-state index contributed by atoms with van der Waals surface area (Å²) in [6, 6.07) is 0. The molecule has 2 aliphatic rings. The first kappa shape index (κ1) is 18.3. The van der Waals surface area contributed by atoms with Gasteiger partial charge in [-0.15, -0.1) is 0 Å². The van der Waals surface area contributed by atoms with E-state index in [1.54, 1.807) is 11.3 Å². The number of fused-ring (bicyclic) bond motifs is 2. The van der Waals surface area contributed by atoms with E-state index in [9.17, 15) is 4.79 Å². The van der Waals surface area contributed by atoms with Gasteiger partial charge in [0.1, 0.15) is 11.8 Å². The summed E-state index contributed by atoms with van der Waals surface area (Å²) in [4.78, 5) is 21.0. The Kier molecular flexibility index (Phi) is 5.12. The average Bonchev–Trinajstić information content (AvgIpc) is 3.35. The lowest BCUT2D eigenvalue weighted by atomic mass is 9.89. The highest BCUT2D eigenvalue weighted by Crippen LogP contribution is 2.48. The maximum atomic E-state index is 12.4. The van der Waals surface area contributed by atoms with Gasteiger partial charge in [0.25, 0.3) is 11.6 Å². The number of H-pyrrole nitrogens is 1. The fourth-order valence-corrected chi connectivity index (χ4v) is 5.57. The molecule has 2 heterocycles. The number of aryl methyl sites for hydroxylation is 1. The van der Waals surface area contributed by atoms with E-state index >= 15 is 0 Å². The summed E-state index contributed by atoms with van der Waals surface area (Å²) in [5, 5.41) is 0. The van der Waals surface area contributed by atoms with Crippen molar-refractivity contribution < 1.29 is 19.1 Å². The van der Waals surface area contributed by atoms with Crippen molar-refractivity contribution in [3.05, 3.63) is 33.7 Å². The molecule has 3 atom stereocenters. The minimum absolute atomic E-state index is 0.0262. The SMILES string of the molecule is Cc1nc(N)c(C[n+]2csc(CCOC(=O)C3CC4CCC3C4)c2C)c[nH+]1. The van der Waals surface area contributed by atoms with Gasteiger partial charge in [-0.25, -0.2) is 4.98 Å². The Hall–Kier alpha value is -2.02. The Labute approximate surface area is 163 Å². The highest BCUT2D eigenvalue weighted by atomic mass is 32.1. The largest absolute Gasteiger partial charge is 0.465 e. The van der Waals surface area contributed by atoms with Crippen LogP contribution in [0, 0.1) is 31.6 Å². The fourth-order valence-electron chi connectivity index (χ4n) is 4.59. The van der Waals surface area contributed by atoms with Crippen molar-refractivity contribution in [1.29, 1.82) is 0 Å². The summed E-state index contributed by atoms with van der Waals surface area (Å²) in [6.45, 7) is 5.14. The number of nitrogen functional groups attached to an aromatic ring is 1. The van der Waals surface area contributed by atoms with Gasteiger partial charge in [0.2, 0.25) is 5.51 Å². The molecule has 0 spiro atoms. The number of nitrogens with one attached hydrogen (secondary N) is 1. The van der Waals surface area contributed by atoms with Crippen LogP contribution in [0.2, 0.25) is 0 Å². The van der Waals surface area contributed by atoms with Gasteiger partial charge in [-0.1, -0.05) is 17.8 Å². The maximum absolute atomic E-state index is 12.4. The number of nitrogens with two attached hydrogens (primary N) is 1. The van der Waals surface area contributed by atoms with Crippen LogP contribution in [0.3, 0.4) is 0 Å². The number of rotatable bonds is 6. The molecule has 2 bridgehead atoms. The number of hydrogen-bond donors (Lipinski definition) is 1. The molecule has 4 rings (SSSR count). The Balaban J connectivity index is 1.32. The molecule has 0 amide bonds. The number of anilines is 1. The molecule has 7 heteroatoms. The number of carbonyl (C=O) groups excluding carboxylic acids is 1. The third kappa shape index (κ3) is 3.83. The van der Waals surface area contributed by atoms with Crippen LogP contribution in [0.1, 0.15) is 47.6 Å². The van der Waals surface area contributed by atoms with E-state index in [0.717, 1.165) is 30.1 Å². The molecule has 0 radical (unpaired) electrons. The summed E-state index contributed by atoms with van der Waals surface area (Å²) in [5.74, 6) is 2.90. The molecule has 27 heavy (non-hydrogen) atoms. The molecule has 0 aromatic carbocycles. The van der Waals surface area contributed by atoms with E-state index in [4.69, 9.17) is 10.5 Å². The first-order valence-corrected chi connectivity index (χ1v) is 10.7. The topological polar surface area (TPSA) is 83.2 Å². The van der Waals surface area contributed by atoms with Gasteiger partial charge in [-0.2, -0.15) is 4.57 Å². The van der Waals surface area contributed by atoms with Gasteiger partial charge in [-0.3, -0.25) is 4.79 Å². The van der Waals surface area contributed by atoms with Crippen molar-refractivity contribution in [3.8, 4) is 0 Å². The summed E-state index contributed by atoms with van der Waals surface area (Å²) in [6.07, 6.45) is 7.48. The van der Waals surface area contributed by atoms with Crippen LogP contribution in [0.5, 0.6) is 0 Å². The van der Waals surface area contributed by atoms with E-state index in [1.165, 1.54) is 29.8 Å². The number of aromatic nitrogens is 3. The van der Waals surface area contributed by atoms with Crippen molar-refractivity contribution in [2.45, 2.75) is 52.5 Å². The molecule has 0 aliphatic heterocycles. The lowest BCUT2D eigenvalue weighted by molar-refractivity contribution is -0.690. The molecular formula is C20H28N4O2S+2. The lowest BCUT2D eigenvalue weighted by Crippen LogP contribution is -2.36. The fraction of sp³-hybridized carbons (Fsp3) is 0.600. The van der Waals surface area contributed by atoms with Gasteiger partial charge in [0, 0.05) is 20.3 Å². The van der Waals surface area contributed by atoms with Crippen LogP contribution in [0.15, 0.2) is 11.7 Å². The lowest BCUT2D eigenvalue weighted by Gasteiger charge is -2.19. The molecule has 3 N–H and O–H groups in total. The van der Waals surface area contributed by atoms with E-state index in [2.05, 4.69) is 27.0 Å². The second-order valence-corrected chi connectivity index (χ2v) is 8.89. The number of ether oxygens (including phenoxy) is 1. The minimum atomic E-state index is 0.0262. The van der Waals surface area contributed by atoms with Crippen LogP contribution < -0.4 is 15.3 Å². The number of hydrogen-bond acceptors (Lipinski definition) is 5. The van der Waals surface area contributed by atoms with Crippen LogP contribution >= 0.6 is 11.3 Å². The van der Waals surface area contributed by atoms with Crippen molar-refractivity contribution in [2.24, 2.45) is 17.8 Å². The first-order chi connectivity index (χ1) is 13.0. The van der Waals surface area contributed by atoms with E-state index < -0.39 is 0 Å². The number of carbonyl (C=O) groups is 1. The molecule has 2 aromatic heterocycles. The Morgan fingerprint density at radius 3 is 2.96 bits per heavy atom. The zero-order valence-electron chi connectivity index (χ0n) is 16.0. The smallest absolute Gasteiger partial charge is 0.309 e. The van der Waals surface area contributed by atoms with Gasteiger partial charge in [0.15, 0.2) is 12.2 Å². The first-order valence-electron chi connectivity index (χ1n) is 9.78. The third-order valence-corrected chi connectivity index (χ3v) is 7.33. The normalized spacial score (nSPS) is 23.7. The highest BCUT2D eigenvalue weighted by Gasteiger charge is 2.43. The number of aromatic amines is 1.